The van der Waals surface area contributed by atoms with Gasteiger partial charge in [-0.3, -0.25) is 4.98 Å². The van der Waals surface area contributed by atoms with Crippen LogP contribution < -0.4 is 20.5 Å². The monoisotopic (exact) mass is 461 g/mol. The van der Waals surface area contributed by atoms with E-state index in [9.17, 15) is 4.79 Å². The van der Waals surface area contributed by atoms with Gasteiger partial charge in [0.15, 0.2) is 28.8 Å². The Balaban J connectivity index is 1.10. The number of hydrogen-bond donors (Lipinski definition) is 2. The molecule has 1 aliphatic heterocycles. The number of alkyl carbamates (subject to hydrolysis) is 1. The Morgan fingerprint density at radius 3 is 2.85 bits per heavy atom. The Hall–Kier alpha value is -4.41. The zero-order chi connectivity index (χ0) is 23.3. The van der Waals surface area contributed by atoms with Gasteiger partial charge in [-0.1, -0.05) is 6.07 Å². The Morgan fingerprint density at radius 1 is 1.12 bits per heavy atom. The minimum absolute atomic E-state index is 0.218. The molecule has 3 N–H and O–H groups in total. The van der Waals surface area contributed by atoms with Gasteiger partial charge in [0.2, 0.25) is 6.79 Å². The molecule has 4 heterocycles. The molecule has 0 saturated heterocycles. The summed E-state index contributed by atoms with van der Waals surface area (Å²) in [6.45, 7) is 1.52. The molecule has 11 nitrogen and oxygen atoms in total. The maximum absolute atomic E-state index is 12.0. The van der Waals surface area contributed by atoms with Gasteiger partial charge in [-0.05, 0) is 42.7 Å². The van der Waals surface area contributed by atoms with Crippen LogP contribution in [0.1, 0.15) is 18.4 Å². The second-order valence-electron chi connectivity index (χ2n) is 7.66. The molecule has 34 heavy (non-hydrogen) atoms. The lowest BCUT2D eigenvalue weighted by molar-refractivity contribution is 0.143. The Bertz CT molecular complexity index is 1310. The fraction of sp³-hybridized carbons (Fsp3) is 0.261. The quantitative estimate of drug-likeness (QED) is 0.379. The van der Waals surface area contributed by atoms with Crippen molar-refractivity contribution in [1.29, 1.82) is 0 Å². The summed E-state index contributed by atoms with van der Waals surface area (Å²) in [4.78, 5) is 29.3. The highest BCUT2D eigenvalue weighted by Gasteiger charge is 2.14. The van der Waals surface area contributed by atoms with Crippen LogP contribution in [0.4, 0.5) is 10.6 Å². The van der Waals surface area contributed by atoms with Crippen LogP contribution in [0.3, 0.4) is 0 Å². The summed E-state index contributed by atoms with van der Waals surface area (Å²) in [6, 6.07) is 9.20. The van der Waals surface area contributed by atoms with Crippen molar-refractivity contribution in [1.82, 2.24) is 29.8 Å². The predicted octanol–water partition coefficient (Wildman–Crippen LogP) is 2.91. The van der Waals surface area contributed by atoms with Gasteiger partial charge in [-0.2, -0.15) is 0 Å². The number of carbonyl (C=O) groups is 1. The van der Waals surface area contributed by atoms with Crippen LogP contribution in [0.25, 0.3) is 22.6 Å². The van der Waals surface area contributed by atoms with Gasteiger partial charge in [0.1, 0.15) is 5.52 Å². The molecule has 0 unspecified atom stereocenters. The summed E-state index contributed by atoms with van der Waals surface area (Å²) >= 11 is 0. The summed E-state index contributed by atoms with van der Waals surface area (Å²) in [6.07, 6.45) is 6.06. The SMILES string of the molecule is Nc1nc(-c2ccncc2)nc2c1ncn2CCCCOC(=O)NCc1ccc2c(c1)OCO2. The molecule has 11 heteroatoms. The smallest absolute Gasteiger partial charge is 0.407 e. The number of carbonyl (C=O) groups excluding carboxylic acids is 1. The summed E-state index contributed by atoms with van der Waals surface area (Å²) < 4.78 is 17.8. The topological polar surface area (TPSA) is 139 Å². The number of anilines is 1. The van der Waals surface area contributed by atoms with E-state index in [4.69, 9.17) is 19.9 Å². The second-order valence-corrected chi connectivity index (χ2v) is 7.66. The first kappa shape index (κ1) is 21.4. The first-order valence-corrected chi connectivity index (χ1v) is 10.9. The normalized spacial score (nSPS) is 12.1. The number of fused-ring (bicyclic) bond motifs is 2. The maximum atomic E-state index is 12.0. The first-order chi connectivity index (χ1) is 16.7. The van der Waals surface area contributed by atoms with E-state index in [0.29, 0.717) is 60.4 Å². The highest BCUT2D eigenvalue weighted by Crippen LogP contribution is 2.32. The van der Waals surface area contributed by atoms with Crippen molar-refractivity contribution in [3.05, 3.63) is 54.6 Å². The summed E-state index contributed by atoms with van der Waals surface area (Å²) in [5, 5.41) is 2.74. The van der Waals surface area contributed by atoms with Gasteiger partial charge in [0.25, 0.3) is 0 Å². The maximum Gasteiger partial charge on any atom is 0.407 e. The van der Waals surface area contributed by atoms with E-state index in [2.05, 4.69) is 25.3 Å². The van der Waals surface area contributed by atoms with Crippen molar-refractivity contribution >= 4 is 23.1 Å². The van der Waals surface area contributed by atoms with E-state index in [0.717, 1.165) is 17.5 Å². The summed E-state index contributed by atoms with van der Waals surface area (Å²) in [5.74, 6) is 2.24. The van der Waals surface area contributed by atoms with Gasteiger partial charge in [0.05, 0.1) is 12.9 Å². The van der Waals surface area contributed by atoms with Gasteiger partial charge in [0, 0.05) is 31.0 Å². The van der Waals surface area contributed by atoms with E-state index >= 15 is 0 Å². The van der Waals surface area contributed by atoms with Crippen LogP contribution in [0.5, 0.6) is 11.5 Å². The van der Waals surface area contributed by atoms with Crippen LogP contribution in [0.2, 0.25) is 0 Å². The molecule has 1 aromatic carbocycles. The van der Waals surface area contributed by atoms with Crippen LogP contribution in [-0.2, 0) is 17.8 Å². The Morgan fingerprint density at radius 2 is 1.97 bits per heavy atom. The number of nitrogens with zero attached hydrogens (tertiary/aromatic N) is 5. The van der Waals surface area contributed by atoms with Crippen molar-refractivity contribution in [2.75, 3.05) is 19.1 Å². The van der Waals surface area contributed by atoms with E-state index in [1.54, 1.807) is 18.7 Å². The largest absolute Gasteiger partial charge is 0.454 e. The van der Waals surface area contributed by atoms with Crippen LogP contribution in [0, 0.1) is 0 Å². The second kappa shape index (κ2) is 9.61. The van der Waals surface area contributed by atoms with Crippen molar-refractivity contribution in [2.24, 2.45) is 0 Å². The number of benzene rings is 1. The number of unbranched alkanes of at least 4 members (excludes halogenated alkanes) is 1. The molecule has 0 spiro atoms. The van der Waals surface area contributed by atoms with E-state index in [1.807, 2.05) is 34.9 Å². The van der Waals surface area contributed by atoms with Crippen LogP contribution in [0.15, 0.2) is 49.1 Å². The first-order valence-electron chi connectivity index (χ1n) is 10.9. The third-order valence-corrected chi connectivity index (χ3v) is 5.33. The molecule has 4 aromatic rings. The Kier molecular flexibility index (Phi) is 6.06. The molecule has 174 valence electrons. The fourth-order valence-electron chi connectivity index (χ4n) is 3.59. The molecule has 0 saturated carbocycles. The van der Waals surface area contributed by atoms with Crippen molar-refractivity contribution in [2.45, 2.75) is 25.9 Å². The van der Waals surface area contributed by atoms with Crippen molar-refractivity contribution in [3.63, 3.8) is 0 Å². The van der Waals surface area contributed by atoms with Gasteiger partial charge in [-0.15, -0.1) is 0 Å². The lowest BCUT2D eigenvalue weighted by Crippen LogP contribution is -2.24. The number of pyridine rings is 1. The predicted molar refractivity (Wildman–Crippen MR) is 123 cm³/mol. The number of rotatable bonds is 8. The zero-order valence-electron chi connectivity index (χ0n) is 18.3. The van der Waals surface area contributed by atoms with Gasteiger partial charge >= 0.3 is 6.09 Å². The average Bonchev–Trinajstić information content (AvgIpc) is 3.50. The molecule has 1 amide bonds. The van der Waals surface area contributed by atoms with E-state index in [-0.39, 0.29) is 6.79 Å². The minimum atomic E-state index is -0.465. The molecular weight excluding hydrogens is 438 g/mol. The highest BCUT2D eigenvalue weighted by atomic mass is 16.7. The molecule has 0 aliphatic carbocycles. The summed E-state index contributed by atoms with van der Waals surface area (Å²) in [5.41, 5.74) is 9.06. The van der Waals surface area contributed by atoms with Gasteiger partial charge < -0.3 is 29.8 Å². The molecule has 0 fully saturated rings. The number of nitrogens with two attached hydrogens (primary N) is 1. The molecule has 3 aromatic heterocycles. The molecule has 0 bridgehead atoms. The van der Waals surface area contributed by atoms with Crippen molar-refractivity contribution in [3.8, 4) is 22.9 Å². The van der Waals surface area contributed by atoms with Gasteiger partial charge in [-0.25, -0.2) is 19.7 Å². The number of imidazole rings is 1. The Labute approximate surface area is 194 Å². The molecular formula is C23H23N7O4. The third kappa shape index (κ3) is 4.68. The number of aromatic nitrogens is 5. The zero-order valence-corrected chi connectivity index (χ0v) is 18.3. The number of nitrogens with one attached hydrogen (secondary N) is 1. The number of hydrogen-bond acceptors (Lipinski definition) is 9. The number of amides is 1. The lowest BCUT2D eigenvalue weighted by atomic mass is 10.2. The van der Waals surface area contributed by atoms with E-state index in [1.165, 1.54) is 0 Å². The molecule has 0 radical (unpaired) electrons. The average molecular weight is 461 g/mol. The van der Waals surface area contributed by atoms with E-state index < -0.39 is 6.09 Å². The van der Waals surface area contributed by atoms with Crippen LogP contribution >= 0.6 is 0 Å². The molecule has 1 aliphatic rings. The fourth-order valence-corrected chi connectivity index (χ4v) is 3.59. The molecule has 0 atom stereocenters. The number of ether oxygens (including phenoxy) is 3. The number of nitrogen functional groups attached to an aromatic ring is 1. The summed E-state index contributed by atoms with van der Waals surface area (Å²) in [7, 11) is 0. The highest BCUT2D eigenvalue weighted by molar-refractivity contribution is 5.83. The minimum Gasteiger partial charge on any atom is -0.454 e. The third-order valence-electron chi connectivity index (χ3n) is 5.33. The molecule has 5 rings (SSSR count). The van der Waals surface area contributed by atoms with Crippen LogP contribution in [-0.4, -0.2) is 44.0 Å². The standard InChI is InChI=1S/C23H23N7O4/c24-20-19-22(29-21(28-20)16-5-7-25-8-6-16)30(13-27-19)9-1-2-10-32-23(31)26-12-15-3-4-17-18(11-15)34-14-33-17/h3-8,11,13H,1-2,9-10,12,14H2,(H,26,31)(H2,24,28,29). The van der Waals surface area contributed by atoms with Crippen molar-refractivity contribution < 1.29 is 19.0 Å². The lowest BCUT2D eigenvalue weighted by Gasteiger charge is -2.08. The number of aryl methyl sites for hydroxylation is 1.